The van der Waals surface area contributed by atoms with Gasteiger partial charge in [0.2, 0.25) is 0 Å². The molecule has 1 nitrogen and oxygen atoms in total. The van der Waals surface area contributed by atoms with Gasteiger partial charge in [0.1, 0.15) is 5.82 Å². The highest BCUT2D eigenvalue weighted by Crippen LogP contribution is 2.23. The molecule has 1 atom stereocenters. The van der Waals surface area contributed by atoms with Crippen LogP contribution in [0.2, 0.25) is 0 Å². The summed E-state index contributed by atoms with van der Waals surface area (Å²) in [6.07, 6.45) is -0.244. The van der Waals surface area contributed by atoms with Crippen molar-refractivity contribution in [2.24, 2.45) is 5.73 Å². The molecule has 0 bridgehead atoms. The molecule has 20 heavy (non-hydrogen) atoms. The molecule has 0 saturated carbocycles. The summed E-state index contributed by atoms with van der Waals surface area (Å²) < 4.78 is 65.9. The van der Waals surface area contributed by atoms with Crippen molar-refractivity contribution in [2.45, 2.75) is 12.5 Å². The van der Waals surface area contributed by atoms with Gasteiger partial charge in [-0.15, -0.1) is 0 Å². The normalized spacial score (nSPS) is 12.5. The van der Waals surface area contributed by atoms with Gasteiger partial charge in [-0.2, -0.15) is 0 Å². The van der Waals surface area contributed by atoms with Gasteiger partial charge in [0, 0.05) is 17.7 Å². The number of halogens is 5. The van der Waals surface area contributed by atoms with Crippen LogP contribution in [0.5, 0.6) is 0 Å². The first kappa shape index (κ1) is 14.5. The molecule has 0 aliphatic rings. The second-order valence-corrected chi connectivity index (χ2v) is 4.31. The monoisotopic (exact) mass is 287 g/mol. The molecule has 0 heterocycles. The first-order chi connectivity index (χ1) is 9.40. The van der Waals surface area contributed by atoms with Crippen molar-refractivity contribution in [1.82, 2.24) is 0 Å². The van der Waals surface area contributed by atoms with Crippen LogP contribution in [0.25, 0.3) is 0 Å². The highest BCUT2D eigenvalue weighted by Gasteiger charge is 2.18. The molecule has 0 spiro atoms. The lowest BCUT2D eigenvalue weighted by molar-refractivity contribution is 0.478. The van der Waals surface area contributed by atoms with E-state index in [-0.39, 0.29) is 17.5 Å². The summed E-state index contributed by atoms with van der Waals surface area (Å²) in [7, 11) is 0. The molecule has 2 N–H and O–H groups in total. The minimum atomic E-state index is -1.34. The van der Waals surface area contributed by atoms with E-state index in [0.29, 0.717) is 12.1 Å². The first-order valence-electron chi connectivity index (χ1n) is 5.73. The SMILES string of the molecule is NC(Cc1cccc(F)c1F)c1cc(F)c(F)cc1F. The maximum atomic E-state index is 13.5. The lowest BCUT2D eigenvalue weighted by Gasteiger charge is -2.14. The molecule has 0 aliphatic carbocycles. The molecule has 0 amide bonds. The van der Waals surface area contributed by atoms with E-state index in [1.54, 1.807) is 0 Å². The molecule has 1 unspecified atom stereocenters. The molecule has 0 fully saturated rings. The Balaban J connectivity index is 2.31. The van der Waals surface area contributed by atoms with Crippen LogP contribution in [-0.2, 0) is 6.42 Å². The topological polar surface area (TPSA) is 26.0 Å². The summed E-state index contributed by atoms with van der Waals surface area (Å²) in [6, 6.07) is 3.36. The predicted molar refractivity (Wildman–Crippen MR) is 63.3 cm³/mol. The van der Waals surface area contributed by atoms with Crippen molar-refractivity contribution >= 4 is 0 Å². The molecule has 0 aliphatic heterocycles. The quantitative estimate of drug-likeness (QED) is 0.677. The maximum Gasteiger partial charge on any atom is 0.162 e. The molecule has 0 saturated heterocycles. The van der Waals surface area contributed by atoms with E-state index in [4.69, 9.17) is 5.73 Å². The fourth-order valence-corrected chi connectivity index (χ4v) is 1.88. The third-order valence-electron chi connectivity index (χ3n) is 2.91. The molecule has 6 heteroatoms. The molecule has 2 rings (SSSR count). The summed E-state index contributed by atoms with van der Waals surface area (Å²) in [5, 5.41) is 0. The lowest BCUT2D eigenvalue weighted by atomic mass is 9.98. The first-order valence-corrected chi connectivity index (χ1v) is 5.73. The summed E-state index contributed by atoms with van der Waals surface area (Å²) in [6.45, 7) is 0. The third-order valence-corrected chi connectivity index (χ3v) is 2.91. The second kappa shape index (κ2) is 5.58. The van der Waals surface area contributed by atoms with E-state index in [2.05, 4.69) is 0 Å². The van der Waals surface area contributed by atoms with Gasteiger partial charge in [0.15, 0.2) is 23.3 Å². The van der Waals surface area contributed by atoms with Crippen molar-refractivity contribution in [2.75, 3.05) is 0 Å². The summed E-state index contributed by atoms with van der Waals surface area (Å²) in [4.78, 5) is 0. The number of rotatable bonds is 3. The van der Waals surface area contributed by atoms with Gasteiger partial charge in [0.05, 0.1) is 0 Å². The van der Waals surface area contributed by atoms with Crippen LogP contribution in [0, 0.1) is 29.1 Å². The molecule has 0 aromatic heterocycles. The molecular weight excluding hydrogens is 277 g/mol. The van der Waals surface area contributed by atoms with Gasteiger partial charge in [-0.05, 0) is 24.1 Å². The largest absolute Gasteiger partial charge is 0.324 e. The van der Waals surface area contributed by atoms with Crippen molar-refractivity contribution in [3.63, 3.8) is 0 Å². The highest BCUT2D eigenvalue weighted by atomic mass is 19.2. The fraction of sp³-hybridized carbons (Fsp3) is 0.143. The minimum Gasteiger partial charge on any atom is -0.324 e. The van der Waals surface area contributed by atoms with Crippen LogP contribution in [-0.4, -0.2) is 0 Å². The maximum absolute atomic E-state index is 13.5. The standard InChI is InChI=1S/C14H10F5N/c15-9-3-1-2-7(14(9)19)4-13(20)8-5-11(17)12(18)6-10(8)16/h1-3,5-6,13H,4,20H2. The Labute approximate surface area is 111 Å². The van der Waals surface area contributed by atoms with Crippen LogP contribution >= 0.6 is 0 Å². The van der Waals surface area contributed by atoms with Crippen molar-refractivity contribution in [3.8, 4) is 0 Å². The van der Waals surface area contributed by atoms with Gasteiger partial charge in [0.25, 0.3) is 0 Å². The zero-order valence-electron chi connectivity index (χ0n) is 10.1. The van der Waals surface area contributed by atoms with E-state index in [0.717, 1.165) is 6.07 Å². The second-order valence-electron chi connectivity index (χ2n) is 4.31. The zero-order valence-corrected chi connectivity index (χ0v) is 10.1. The zero-order chi connectivity index (χ0) is 14.9. The van der Waals surface area contributed by atoms with Gasteiger partial charge in [-0.3, -0.25) is 0 Å². The summed E-state index contributed by atoms with van der Waals surface area (Å²) in [5.74, 6) is -5.77. The summed E-state index contributed by atoms with van der Waals surface area (Å²) in [5.41, 5.74) is 5.28. The van der Waals surface area contributed by atoms with Crippen molar-refractivity contribution < 1.29 is 22.0 Å². The lowest BCUT2D eigenvalue weighted by Crippen LogP contribution is -2.17. The number of nitrogens with two attached hydrogens (primary N) is 1. The summed E-state index contributed by atoms with van der Waals surface area (Å²) >= 11 is 0. The number of benzene rings is 2. The van der Waals surface area contributed by atoms with E-state index >= 15 is 0 Å². The third kappa shape index (κ3) is 2.80. The van der Waals surface area contributed by atoms with Gasteiger partial charge in [-0.25, -0.2) is 22.0 Å². The van der Waals surface area contributed by atoms with Crippen LogP contribution in [0.1, 0.15) is 17.2 Å². The Morgan fingerprint density at radius 3 is 2.20 bits per heavy atom. The Morgan fingerprint density at radius 2 is 1.50 bits per heavy atom. The van der Waals surface area contributed by atoms with Gasteiger partial charge in [-0.1, -0.05) is 12.1 Å². The van der Waals surface area contributed by atoms with Crippen LogP contribution in [0.15, 0.2) is 30.3 Å². The van der Waals surface area contributed by atoms with Gasteiger partial charge < -0.3 is 5.73 Å². The molecule has 106 valence electrons. The average Bonchev–Trinajstić information content (AvgIpc) is 2.39. The number of hydrogen-bond donors (Lipinski definition) is 1. The fourth-order valence-electron chi connectivity index (χ4n) is 1.88. The Hall–Kier alpha value is -1.95. The van der Waals surface area contributed by atoms with Crippen LogP contribution < -0.4 is 5.73 Å². The molecule has 0 radical (unpaired) electrons. The van der Waals surface area contributed by atoms with E-state index in [9.17, 15) is 22.0 Å². The van der Waals surface area contributed by atoms with E-state index in [1.165, 1.54) is 12.1 Å². The minimum absolute atomic E-state index is 0.0679. The Kier molecular flexibility index (Phi) is 4.04. The van der Waals surface area contributed by atoms with Crippen LogP contribution in [0.4, 0.5) is 22.0 Å². The van der Waals surface area contributed by atoms with E-state index in [1.807, 2.05) is 0 Å². The number of hydrogen-bond acceptors (Lipinski definition) is 1. The van der Waals surface area contributed by atoms with Gasteiger partial charge >= 0.3 is 0 Å². The molecular formula is C14H10F5N. The van der Waals surface area contributed by atoms with Crippen LogP contribution in [0.3, 0.4) is 0 Å². The smallest absolute Gasteiger partial charge is 0.162 e. The average molecular weight is 287 g/mol. The Bertz CT molecular complexity index is 642. The molecule has 2 aromatic carbocycles. The molecule has 2 aromatic rings. The predicted octanol–water partition coefficient (Wildman–Crippen LogP) is 3.62. The Morgan fingerprint density at radius 1 is 0.850 bits per heavy atom. The highest BCUT2D eigenvalue weighted by molar-refractivity contribution is 5.27. The van der Waals surface area contributed by atoms with Crippen molar-refractivity contribution in [3.05, 3.63) is 70.5 Å². The van der Waals surface area contributed by atoms with Crippen molar-refractivity contribution in [1.29, 1.82) is 0 Å². The van der Waals surface area contributed by atoms with E-state index < -0.39 is 35.1 Å².